The zero-order valence-electron chi connectivity index (χ0n) is 6.90. The van der Waals surface area contributed by atoms with Crippen LogP contribution >= 0.6 is 0 Å². The van der Waals surface area contributed by atoms with Crippen molar-refractivity contribution >= 4 is 9.84 Å². The lowest BCUT2D eigenvalue weighted by atomic mass is 10.4. The van der Waals surface area contributed by atoms with E-state index in [1.165, 1.54) is 12.1 Å². The smallest absolute Gasteiger partial charge is 0.179 e. The molecule has 0 radical (unpaired) electrons. The van der Waals surface area contributed by atoms with Gasteiger partial charge in [0.2, 0.25) is 0 Å². The van der Waals surface area contributed by atoms with Gasteiger partial charge in [-0.2, -0.15) is 0 Å². The normalized spacial score (nSPS) is 11.5. The van der Waals surface area contributed by atoms with Gasteiger partial charge in [-0.25, -0.2) is 12.8 Å². The Labute approximate surface area is 76.3 Å². The molecule has 0 aliphatic heterocycles. The lowest BCUT2D eigenvalue weighted by molar-refractivity contribution is 0.594. The first-order valence-corrected chi connectivity index (χ1v) is 5.40. The third-order valence-corrected chi connectivity index (χ3v) is 3.32. The number of halogens is 1. The first-order chi connectivity index (χ1) is 6.06. The SMILES string of the molecule is NCCS(=O)(=O)c1ccc(F)cc1. The molecule has 0 amide bonds. The summed E-state index contributed by atoms with van der Waals surface area (Å²) in [6, 6.07) is 4.70. The molecule has 0 unspecified atom stereocenters. The summed E-state index contributed by atoms with van der Waals surface area (Å²) < 4.78 is 35.1. The third kappa shape index (κ3) is 2.50. The highest BCUT2D eigenvalue weighted by molar-refractivity contribution is 7.91. The van der Waals surface area contributed by atoms with E-state index in [0.29, 0.717) is 0 Å². The molecule has 0 fully saturated rings. The molecule has 13 heavy (non-hydrogen) atoms. The standard InChI is InChI=1S/C8H10FNO2S/c9-7-1-3-8(4-2-7)13(11,12)6-5-10/h1-4H,5-6,10H2. The highest BCUT2D eigenvalue weighted by atomic mass is 32.2. The first-order valence-electron chi connectivity index (χ1n) is 3.74. The van der Waals surface area contributed by atoms with E-state index in [-0.39, 0.29) is 17.2 Å². The molecule has 0 aliphatic carbocycles. The maximum atomic E-state index is 12.4. The van der Waals surface area contributed by atoms with Crippen LogP contribution in [0.25, 0.3) is 0 Å². The van der Waals surface area contributed by atoms with Gasteiger partial charge >= 0.3 is 0 Å². The molecule has 0 heterocycles. The van der Waals surface area contributed by atoms with Crippen LogP contribution in [-0.4, -0.2) is 20.7 Å². The largest absolute Gasteiger partial charge is 0.329 e. The van der Waals surface area contributed by atoms with Gasteiger partial charge < -0.3 is 5.73 Å². The molecule has 0 atom stereocenters. The fraction of sp³-hybridized carbons (Fsp3) is 0.250. The molecule has 2 N–H and O–H groups in total. The Morgan fingerprint density at radius 1 is 1.23 bits per heavy atom. The van der Waals surface area contributed by atoms with Crippen molar-refractivity contribution in [3.63, 3.8) is 0 Å². The monoisotopic (exact) mass is 203 g/mol. The maximum absolute atomic E-state index is 12.4. The molecule has 0 saturated heterocycles. The van der Waals surface area contributed by atoms with Crippen molar-refractivity contribution in [3.8, 4) is 0 Å². The Bertz CT molecular complexity index is 372. The second-order valence-electron chi connectivity index (χ2n) is 2.56. The highest BCUT2D eigenvalue weighted by Gasteiger charge is 2.12. The van der Waals surface area contributed by atoms with E-state index in [2.05, 4.69) is 0 Å². The zero-order chi connectivity index (χ0) is 9.90. The molecular formula is C8H10FNO2S. The number of hydrogen-bond acceptors (Lipinski definition) is 3. The number of hydrogen-bond donors (Lipinski definition) is 1. The van der Waals surface area contributed by atoms with Crippen LogP contribution in [0.1, 0.15) is 0 Å². The van der Waals surface area contributed by atoms with Crippen LogP contribution in [0.4, 0.5) is 4.39 Å². The number of rotatable bonds is 3. The number of nitrogens with two attached hydrogens (primary N) is 1. The van der Waals surface area contributed by atoms with Crippen molar-refractivity contribution in [3.05, 3.63) is 30.1 Å². The van der Waals surface area contributed by atoms with E-state index in [4.69, 9.17) is 5.73 Å². The Morgan fingerprint density at radius 2 is 1.77 bits per heavy atom. The molecule has 3 nitrogen and oxygen atoms in total. The van der Waals surface area contributed by atoms with Crippen LogP contribution in [0, 0.1) is 5.82 Å². The quantitative estimate of drug-likeness (QED) is 0.730. The summed E-state index contributed by atoms with van der Waals surface area (Å²) in [4.78, 5) is 0.111. The molecule has 0 aliphatic rings. The zero-order valence-corrected chi connectivity index (χ0v) is 7.72. The predicted octanol–water partition coefficient (Wildman–Crippen LogP) is 0.558. The number of benzene rings is 1. The summed E-state index contributed by atoms with van der Waals surface area (Å²) in [5, 5.41) is 0. The minimum atomic E-state index is -3.32. The molecule has 72 valence electrons. The second-order valence-corrected chi connectivity index (χ2v) is 4.67. The average Bonchev–Trinajstić information content (AvgIpc) is 2.05. The molecular weight excluding hydrogens is 193 g/mol. The van der Waals surface area contributed by atoms with Crippen LogP contribution in [0.5, 0.6) is 0 Å². The van der Waals surface area contributed by atoms with E-state index < -0.39 is 15.7 Å². The van der Waals surface area contributed by atoms with Gasteiger partial charge in [0.1, 0.15) is 5.82 Å². The van der Waals surface area contributed by atoms with Crippen molar-refractivity contribution in [2.75, 3.05) is 12.3 Å². The molecule has 1 aromatic carbocycles. The van der Waals surface area contributed by atoms with Gasteiger partial charge in [-0.1, -0.05) is 0 Å². The van der Waals surface area contributed by atoms with Gasteiger partial charge in [-0.05, 0) is 24.3 Å². The molecule has 0 saturated carbocycles. The molecule has 1 rings (SSSR count). The van der Waals surface area contributed by atoms with Crippen molar-refractivity contribution in [2.45, 2.75) is 4.90 Å². The van der Waals surface area contributed by atoms with Crippen LogP contribution in [0.2, 0.25) is 0 Å². The van der Waals surface area contributed by atoms with Crippen LogP contribution < -0.4 is 5.73 Å². The minimum absolute atomic E-state index is 0.0692. The average molecular weight is 203 g/mol. The Hall–Kier alpha value is -0.940. The number of sulfone groups is 1. The fourth-order valence-corrected chi connectivity index (χ4v) is 2.01. The second kappa shape index (κ2) is 3.85. The molecule has 5 heteroatoms. The lowest BCUT2D eigenvalue weighted by Gasteiger charge is -2.01. The maximum Gasteiger partial charge on any atom is 0.179 e. The van der Waals surface area contributed by atoms with Gasteiger partial charge in [0.25, 0.3) is 0 Å². The van der Waals surface area contributed by atoms with E-state index in [9.17, 15) is 12.8 Å². The predicted molar refractivity (Wildman–Crippen MR) is 47.5 cm³/mol. The molecule has 0 spiro atoms. The Kier molecular flexibility index (Phi) is 3.00. The van der Waals surface area contributed by atoms with E-state index >= 15 is 0 Å². The van der Waals surface area contributed by atoms with Crippen LogP contribution in [0.3, 0.4) is 0 Å². The van der Waals surface area contributed by atoms with Gasteiger partial charge in [-0.3, -0.25) is 0 Å². The van der Waals surface area contributed by atoms with Crippen molar-refractivity contribution in [2.24, 2.45) is 5.73 Å². The topological polar surface area (TPSA) is 60.2 Å². The molecule has 0 aromatic heterocycles. The van der Waals surface area contributed by atoms with Gasteiger partial charge in [0, 0.05) is 6.54 Å². The van der Waals surface area contributed by atoms with E-state index in [1.54, 1.807) is 0 Å². The highest BCUT2D eigenvalue weighted by Crippen LogP contribution is 2.10. The summed E-state index contributed by atoms with van der Waals surface area (Å²) in [5.41, 5.74) is 5.13. The van der Waals surface area contributed by atoms with E-state index in [0.717, 1.165) is 12.1 Å². The van der Waals surface area contributed by atoms with Crippen molar-refractivity contribution < 1.29 is 12.8 Å². The van der Waals surface area contributed by atoms with Crippen LogP contribution in [-0.2, 0) is 9.84 Å². The van der Waals surface area contributed by atoms with Gasteiger partial charge in [0.15, 0.2) is 9.84 Å². The lowest BCUT2D eigenvalue weighted by Crippen LogP contribution is -2.15. The Morgan fingerprint density at radius 3 is 2.23 bits per heavy atom. The van der Waals surface area contributed by atoms with E-state index in [1.807, 2.05) is 0 Å². The minimum Gasteiger partial charge on any atom is -0.329 e. The van der Waals surface area contributed by atoms with Crippen molar-refractivity contribution in [1.29, 1.82) is 0 Å². The summed E-state index contributed by atoms with van der Waals surface area (Å²) >= 11 is 0. The summed E-state index contributed by atoms with van der Waals surface area (Å²) in [5.74, 6) is -0.565. The summed E-state index contributed by atoms with van der Waals surface area (Å²) in [7, 11) is -3.32. The first kappa shape index (κ1) is 10.1. The van der Waals surface area contributed by atoms with Crippen molar-refractivity contribution in [1.82, 2.24) is 0 Å². The Balaban J connectivity index is 3.02. The summed E-state index contributed by atoms with van der Waals surface area (Å²) in [6.45, 7) is 0.0692. The third-order valence-electron chi connectivity index (χ3n) is 1.56. The molecule has 1 aromatic rings. The molecule has 0 bridgehead atoms. The fourth-order valence-electron chi connectivity index (χ4n) is 0.915. The van der Waals surface area contributed by atoms with Gasteiger partial charge in [-0.15, -0.1) is 0 Å². The van der Waals surface area contributed by atoms with Gasteiger partial charge in [0.05, 0.1) is 10.6 Å². The van der Waals surface area contributed by atoms with Crippen LogP contribution in [0.15, 0.2) is 29.2 Å². The summed E-state index contributed by atoms with van der Waals surface area (Å²) in [6.07, 6.45) is 0.